The van der Waals surface area contributed by atoms with Gasteiger partial charge >= 0.3 is 0 Å². The van der Waals surface area contributed by atoms with Crippen LogP contribution in [-0.4, -0.2) is 0 Å². The van der Waals surface area contributed by atoms with E-state index in [1.165, 1.54) is 12.8 Å². The zero-order valence-corrected chi connectivity index (χ0v) is 7.90. The van der Waals surface area contributed by atoms with Crippen LogP contribution in [0.3, 0.4) is 0 Å². The summed E-state index contributed by atoms with van der Waals surface area (Å²) in [5.74, 6) is 0. The van der Waals surface area contributed by atoms with Gasteiger partial charge in [0.15, 0.2) is 0 Å². The predicted octanol–water partition coefficient (Wildman–Crippen LogP) is 3.95. The molecule has 0 heterocycles. The van der Waals surface area contributed by atoms with E-state index in [2.05, 4.69) is 27.0 Å². The third kappa shape index (κ3) is 5.90. The van der Waals surface area contributed by atoms with Gasteiger partial charge in [-0.15, -0.1) is 13.2 Å². The first-order chi connectivity index (χ1) is 5.12. The smallest absolute Gasteiger partial charge is 0.0348 e. The molecule has 0 spiro atoms. The summed E-state index contributed by atoms with van der Waals surface area (Å²) in [6.45, 7) is 12.1. The Morgan fingerprint density at radius 1 is 1.00 bits per heavy atom. The Labute approximate surface area is 71.0 Å². The maximum Gasteiger partial charge on any atom is -0.0348 e. The largest absolute Gasteiger partial charge is 0.103 e. The molecule has 11 heavy (non-hydrogen) atoms. The monoisotopic (exact) mass is 152 g/mol. The molecule has 0 amide bonds. The molecule has 0 saturated heterocycles. The molecule has 0 N–H and O–H groups in total. The van der Waals surface area contributed by atoms with Gasteiger partial charge in [-0.05, 0) is 31.1 Å². The summed E-state index contributed by atoms with van der Waals surface area (Å²) in [5, 5.41) is 0. The Morgan fingerprint density at radius 3 is 1.64 bits per heavy atom. The zero-order valence-electron chi connectivity index (χ0n) is 7.90. The van der Waals surface area contributed by atoms with E-state index in [1.807, 2.05) is 12.2 Å². The Kier molecular flexibility index (Phi) is 4.93. The van der Waals surface area contributed by atoms with Crippen LogP contribution in [0.4, 0.5) is 0 Å². The molecule has 0 bridgehead atoms. The zero-order chi connectivity index (χ0) is 8.74. The second kappa shape index (κ2) is 5.17. The van der Waals surface area contributed by atoms with Crippen LogP contribution < -0.4 is 0 Å². The van der Waals surface area contributed by atoms with Crippen LogP contribution in [-0.2, 0) is 0 Å². The van der Waals surface area contributed by atoms with Gasteiger partial charge in [-0.25, -0.2) is 0 Å². The van der Waals surface area contributed by atoms with Crippen molar-refractivity contribution in [2.24, 2.45) is 5.41 Å². The maximum atomic E-state index is 3.72. The molecule has 0 radical (unpaired) electrons. The van der Waals surface area contributed by atoms with Gasteiger partial charge in [-0.3, -0.25) is 0 Å². The minimum Gasteiger partial charge on any atom is -0.103 e. The molecule has 0 aliphatic heterocycles. The summed E-state index contributed by atoms with van der Waals surface area (Å²) in [6.07, 6.45) is 8.73. The summed E-state index contributed by atoms with van der Waals surface area (Å²) in [4.78, 5) is 0. The molecular weight excluding hydrogens is 132 g/mol. The SMILES string of the molecule is C=CCCC(C)(C)CCC=C. The van der Waals surface area contributed by atoms with Gasteiger partial charge in [0.25, 0.3) is 0 Å². The van der Waals surface area contributed by atoms with Crippen LogP contribution in [0.2, 0.25) is 0 Å². The fraction of sp³-hybridized carbons (Fsp3) is 0.636. The van der Waals surface area contributed by atoms with E-state index in [9.17, 15) is 0 Å². The summed E-state index contributed by atoms with van der Waals surface area (Å²) in [6, 6.07) is 0. The van der Waals surface area contributed by atoms with Gasteiger partial charge in [0, 0.05) is 0 Å². The molecule has 0 aliphatic rings. The predicted molar refractivity (Wildman–Crippen MR) is 52.6 cm³/mol. The molecule has 0 unspecified atom stereocenters. The summed E-state index contributed by atoms with van der Waals surface area (Å²) < 4.78 is 0. The van der Waals surface area contributed by atoms with E-state index in [0.717, 1.165) is 12.8 Å². The highest BCUT2D eigenvalue weighted by Crippen LogP contribution is 2.28. The third-order valence-corrected chi connectivity index (χ3v) is 2.05. The lowest BCUT2D eigenvalue weighted by Gasteiger charge is -2.22. The average molecular weight is 152 g/mol. The number of allylic oxidation sites excluding steroid dienone is 2. The van der Waals surface area contributed by atoms with Crippen molar-refractivity contribution < 1.29 is 0 Å². The summed E-state index contributed by atoms with van der Waals surface area (Å²) in [5.41, 5.74) is 0.461. The minimum atomic E-state index is 0.461. The standard InChI is InChI=1S/C11H20/c1-5-7-9-11(3,4)10-8-6-2/h5-6H,1-2,7-10H2,3-4H3. The van der Waals surface area contributed by atoms with E-state index in [1.54, 1.807) is 0 Å². The Balaban J connectivity index is 3.59. The molecule has 0 saturated carbocycles. The van der Waals surface area contributed by atoms with Crippen molar-refractivity contribution in [2.45, 2.75) is 39.5 Å². The average Bonchev–Trinajstić information content (AvgIpc) is 1.97. The fourth-order valence-electron chi connectivity index (χ4n) is 1.11. The summed E-state index contributed by atoms with van der Waals surface area (Å²) >= 11 is 0. The molecule has 64 valence electrons. The summed E-state index contributed by atoms with van der Waals surface area (Å²) in [7, 11) is 0. The van der Waals surface area contributed by atoms with Crippen molar-refractivity contribution >= 4 is 0 Å². The Bertz CT molecular complexity index is 106. The van der Waals surface area contributed by atoms with Crippen molar-refractivity contribution in [3.8, 4) is 0 Å². The van der Waals surface area contributed by atoms with Gasteiger partial charge in [0.05, 0.1) is 0 Å². The highest BCUT2D eigenvalue weighted by Gasteiger charge is 2.14. The van der Waals surface area contributed by atoms with E-state index < -0.39 is 0 Å². The Morgan fingerprint density at radius 2 is 1.36 bits per heavy atom. The van der Waals surface area contributed by atoms with Crippen LogP contribution in [0.15, 0.2) is 25.3 Å². The minimum absolute atomic E-state index is 0.461. The van der Waals surface area contributed by atoms with Gasteiger partial charge < -0.3 is 0 Å². The third-order valence-electron chi connectivity index (χ3n) is 2.05. The van der Waals surface area contributed by atoms with Crippen LogP contribution in [0.5, 0.6) is 0 Å². The molecule has 0 fully saturated rings. The molecular formula is C11H20. The van der Waals surface area contributed by atoms with Crippen molar-refractivity contribution in [3.05, 3.63) is 25.3 Å². The van der Waals surface area contributed by atoms with Gasteiger partial charge in [-0.2, -0.15) is 0 Å². The Hall–Kier alpha value is -0.520. The highest BCUT2D eigenvalue weighted by atomic mass is 14.2. The molecule has 0 nitrogen and oxygen atoms in total. The van der Waals surface area contributed by atoms with Crippen molar-refractivity contribution in [3.63, 3.8) is 0 Å². The van der Waals surface area contributed by atoms with Crippen LogP contribution >= 0.6 is 0 Å². The van der Waals surface area contributed by atoms with Crippen molar-refractivity contribution in [1.29, 1.82) is 0 Å². The van der Waals surface area contributed by atoms with Crippen molar-refractivity contribution in [1.82, 2.24) is 0 Å². The number of rotatable bonds is 6. The molecule has 0 aromatic rings. The normalized spacial score (nSPS) is 11.1. The maximum absolute atomic E-state index is 3.72. The first-order valence-corrected chi connectivity index (χ1v) is 4.34. The lowest BCUT2D eigenvalue weighted by Crippen LogP contribution is -2.09. The lowest BCUT2D eigenvalue weighted by atomic mass is 9.83. The quantitative estimate of drug-likeness (QED) is 0.506. The lowest BCUT2D eigenvalue weighted by molar-refractivity contribution is 0.313. The van der Waals surface area contributed by atoms with E-state index in [4.69, 9.17) is 0 Å². The second-order valence-corrected chi connectivity index (χ2v) is 3.82. The highest BCUT2D eigenvalue weighted by molar-refractivity contribution is 4.78. The van der Waals surface area contributed by atoms with E-state index in [0.29, 0.717) is 5.41 Å². The number of hydrogen-bond acceptors (Lipinski definition) is 0. The van der Waals surface area contributed by atoms with Crippen molar-refractivity contribution in [2.75, 3.05) is 0 Å². The first kappa shape index (κ1) is 10.5. The molecule has 0 atom stereocenters. The van der Waals surface area contributed by atoms with E-state index in [-0.39, 0.29) is 0 Å². The molecule has 0 heteroatoms. The van der Waals surface area contributed by atoms with E-state index >= 15 is 0 Å². The topological polar surface area (TPSA) is 0 Å². The molecule has 0 rings (SSSR count). The molecule has 0 aromatic heterocycles. The second-order valence-electron chi connectivity index (χ2n) is 3.82. The van der Waals surface area contributed by atoms with Crippen LogP contribution in [0.1, 0.15) is 39.5 Å². The van der Waals surface area contributed by atoms with Crippen LogP contribution in [0, 0.1) is 5.41 Å². The van der Waals surface area contributed by atoms with Gasteiger partial charge in [-0.1, -0.05) is 26.0 Å². The van der Waals surface area contributed by atoms with Gasteiger partial charge in [0.1, 0.15) is 0 Å². The first-order valence-electron chi connectivity index (χ1n) is 4.34. The molecule has 0 aromatic carbocycles. The number of hydrogen-bond donors (Lipinski definition) is 0. The fourth-order valence-corrected chi connectivity index (χ4v) is 1.11. The van der Waals surface area contributed by atoms with Crippen LogP contribution in [0.25, 0.3) is 0 Å². The molecule has 0 aliphatic carbocycles. The van der Waals surface area contributed by atoms with Gasteiger partial charge in [0.2, 0.25) is 0 Å².